The van der Waals surface area contributed by atoms with Gasteiger partial charge in [-0.1, -0.05) is 0 Å². The Labute approximate surface area is 167 Å². The molecule has 4 rings (SSSR count). The van der Waals surface area contributed by atoms with Gasteiger partial charge in [-0.05, 0) is 68.1 Å². The molecule has 0 saturated carbocycles. The van der Waals surface area contributed by atoms with Crippen LogP contribution in [0.15, 0.2) is 24.5 Å². The van der Waals surface area contributed by atoms with E-state index in [1.165, 1.54) is 5.56 Å². The van der Waals surface area contributed by atoms with Crippen molar-refractivity contribution in [1.29, 1.82) is 0 Å². The molecule has 28 heavy (non-hydrogen) atoms. The topological polar surface area (TPSA) is 62.7 Å². The molecular weight excluding hydrogens is 354 g/mol. The average molecular weight is 386 g/mol. The molecule has 6 nitrogen and oxygen atoms in total. The van der Waals surface area contributed by atoms with E-state index in [4.69, 9.17) is 4.74 Å². The molecule has 6 heteroatoms. The zero-order valence-electron chi connectivity index (χ0n) is 16.6. The third-order valence-electron chi connectivity index (χ3n) is 6.76. The van der Waals surface area contributed by atoms with Crippen LogP contribution < -0.4 is 0 Å². The lowest BCUT2D eigenvalue weighted by molar-refractivity contribution is -0.151. The van der Waals surface area contributed by atoms with Crippen molar-refractivity contribution in [3.63, 3.8) is 0 Å². The van der Waals surface area contributed by atoms with E-state index in [9.17, 15) is 9.59 Å². The van der Waals surface area contributed by atoms with Crippen LogP contribution in [-0.4, -0.2) is 65.5 Å². The minimum Gasteiger partial charge on any atom is -0.368 e. The molecule has 1 aromatic heterocycles. The first-order chi connectivity index (χ1) is 13.7. The Morgan fingerprint density at radius 1 is 1.18 bits per heavy atom. The van der Waals surface area contributed by atoms with E-state index < -0.39 is 0 Å². The molecule has 1 aromatic rings. The Bertz CT molecular complexity index is 680. The number of amides is 2. The lowest BCUT2D eigenvalue weighted by Gasteiger charge is -2.48. The van der Waals surface area contributed by atoms with Gasteiger partial charge in [0.15, 0.2) is 0 Å². The summed E-state index contributed by atoms with van der Waals surface area (Å²) in [5, 5.41) is 0. The van der Waals surface area contributed by atoms with Crippen LogP contribution in [0.2, 0.25) is 0 Å². The van der Waals surface area contributed by atoms with E-state index in [1.54, 1.807) is 12.4 Å². The molecule has 3 aliphatic rings. The third-order valence-corrected chi connectivity index (χ3v) is 6.76. The number of hydrogen-bond donors (Lipinski definition) is 0. The molecule has 2 amide bonds. The van der Waals surface area contributed by atoms with E-state index in [2.05, 4.69) is 4.98 Å². The molecule has 3 aliphatic heterocycles. The SMILES string of the molecule is O=C1CCC2(CCN(C(=O)[C@H]3CCCCO3)CC2)CN1CCc1ccncc1. The lowest BCUT2D eigenvalue weighted by Crippen LogP contribution is -2.54. The van der Waals surface area contributed by atoms with Gasteiger partial charge in [-0.15, -0.1) is 0 Å². The first kappa shape index (κ1) is 19.4. The van der Waals surface area contributed by atoms with Crippen LogP contribution in [0.1, 0.15) is 50.5 Å². The number of pyridine rings is 1. The first-order valence-electron chi connectivity index (χ1n) is 10.7. The van der Waals surface area contributed by atoms with Gasteiger partial charge in [0.25, 0.3) is 5.91 Å². The number of carbonyl (C=O) groups is 2. The summed E-state index contributed by atoms with van der Waals surface area (Å²) >= 11 is 0. The van der Waals surface area contributed by atoms with Crippen molar-refractivity contribution in [3.05, 3.63) is 30.1 Å². The summed E-state index contributed by atoms with van der Waals surface area (Å²) < 4.78 is 5.69. The van der Waals surface area contributed by atoms with Crippen LogP contribution >= 0.6 is 0 Å². The van der Waals surface area contributed by atoms with E-state index in [0.29, 0.717) is 13.0 Å². The minimum absolute atomic E-state index is 0.177. The maximum absolute atomic E-state index is 12.7. The third kappa shape index (κ3) is 4.37. The van der Waals surface area contributed by atoms with Crippen molar-refractivity contribution in [2.24, 2.45) is 5.41 Å². The molecule has 1 spiro atoms. The van der Waals surface area contributed by atoms with Gasteiger partial charge in [0, 0.05) is 51.6 Å². The van der Waals surface area contributed by atoms with Crippen LogP contribution in [-0.2, 0) is 20.7 Å². The molecule has 3 fully saturated rings. The number of carbonyl (C=O) groups excluding carboxylic acids is 2. The Balaban J connectivity index is 1.31. The summed E-state index contributed by atoms with van der Waals surface area (Å²) in [4.78, 5) is 33.3. The van der Waals surface area contributed by atoms with Crippen molar-refractivity contribution in [1.82, 2.24) is 14.8 Å². The zero-order chi connectivity index (χ0) is 19.4. The quantitative estimate of drug-likeness (QED) is 0.799. The highest BCUT2D eigenvalue weighted by atomic mass is 16.5. The second-order valence-electron chi connectivity index (χ2n) is 8.60. The molecule has 0 unspecified atom stereocenters. The number of aromatic nitrogens is 1. The van der Waals surface area contributed by atoms with Gasteiger partial charge in [0.05, 0.1) is 0 Å². The van der Waals surface area contributed by atoms with E-state index in [0.717, 1.165) is 71.1 Å². The van der Waals surface area contributed by atoms with Crippen LogP contribution in [0.25, 0.3) is 0 Å². The maximum Gasteiger partial charge on any atom is 0.251 e. The summed E-state index contributed by atoms with van der Waals surface area (Å²) in [6.45, 7) is 3.90. The fourth-order valence-corrected chi connectivity index (χ4v) is 4.87. The largest absolute Gasteiger partial charge is 0.368 e. The molecule has 0 aliphatic carbocycles. The van der Waals surface area contributed by atoms with Gasteiger partial charge in [-0.25, -0.2) is 0 Å². The highest BCUT2D eigenvalue weighted by Gasteiger charge is 2.42. The van der Waals surface area contributed by atoms with Crippen molar-refractivity contribution in [3.8, 4) is 0 Å². The predicted molar refractivity (Wildman–Crippen MR) is 106 cm³/mol. The van der Waals surface area contributed by atoms with Crippen molar-refractivity contribution < 1.29 is 14.3 Å². The number of nitrogens with zero attached hydrogens (tertiary/aromatic N) is 3. The van der Waals surface area contributed by atoms with Crippen molar-refractivity contribution in [2.75, 3.05) is 32.8 Å². The van der Waals surface area contributed by atoms with Gasteiger partial charge < -0.3 is 14.5 Å². The molecule has 0 aromatic carbocycles. The highest BCUT2D eigenvalue weighted by molar-refractivity contribution is 5.81. The highest BCUT2D eigenvalue weighted by Crippen LogP contribution is 2.40. The van der Waals surface area contributed by atoms with E-state index in [1.807, 2.05) is 21.9 Å². The molecule has 1 atom stereocenters. The second-order valence-corrected chi connectivity index (χ2v) is 8.60. The van der Waals surface area contributed by atoms with Crippen molar-refractivity contribution in [2.45, 2.75) is 57.5 Å². The number of ether oxygens (including phenoxy) is 1. The molecular formula is C22H31N3O3. The predicted octanol–water partition coefficient (Wildman–Crippen LogP) is 2.42. The molecule has 152 valence electrons. The smallest absolute Gasteiger partial charge is 0.251 e. The number of hydrogen-bond acceptors (Lipinski definition) is 4. The summed E-state index contributed by atoms with van der Waals surface area (Å²) in [6, 6.07) is 4.03. The summed E-state index contributed by atoms with van der Waals surface area (Å²) in [7, 11) is 0. The first-order valence-corrected chi connectivity index (χ1v) is 10.7. The normalized spacial score (nSPS) is 25.1. The Hall–Kier alpha value is -1.95. The minimum atomic E-state index is -0.229. The van der Waals surface area contributed by atoms with Crippen LogP contribution in [0.3, 0.4) is 0 Å². The monoisotopic (exact) mass is 385 g/mol. The lowest BCUT2D eigenvalue weighted by atomic mass is 9.72. The fourth-order valence-electron chi connectivity index (χ4n) is 4.87. The molecule has 3 saturated heterocycles. The molecule has 0 radical (unpaired) electrons. The van der Waals surface area contributed by atoms with Gasteiger partial charge in [-0.2, -0.15) is 0 Å². The van der Waals surface area contributed by atoms with Gasteiger partial charge in [0.1, 0.15) is 6.10 Å². The molecule has 0 bridgehead atoms. The molecule has 4 heterocycles. The van der Waals surface area contributed by atoms with Gasteiger partial charge >= 0.3 is 0 Å². The number of piperidine rings is 2. The van der Waals surface area contributed by atoms with Crippen LogP contribution in [0, 0.1) is 5.41 Å². The Morgan fingerprint density at radius 2 is 1.96 bits per heavy atom. The van der Waals surface area contributed by atoms with Crippen LogP contribution in [0.4, 0.5) is 0 Å². The standard InChI is InChI=1S/C22H31N3O3/c26-20-4-8-22(17-25(20)13-7-18-5-11-23-12-6-18)9-14-24(15-10-22)21(27)19-3-1-2-16-28-19/h5-6,11-12,19H,1-4,7-10,13-17H2/t19-/m1/s1. The van der Waals surface area contributed by atoms with E-state index in [-0.39, 0.29) is 23.3 Å². The maximum atomic E-state index is 12.7. The fraction of sp³-hybridized carbons (Fsp3) is 0.682. The average Bonchev–Trinajstić information content (AvgIpc) is 2.76. The van der Waals surface area contributed by atoms with E-state index >= 15 is 0 Å². The summed E-state index contributed by atoms with van der Waals surface area (Å²) in [5.74, 6) is 0.449. The Morgan fingerprint density at radius 3 is 2.68 bits per heavy atom. The summed E-state index contributed by atoms with van der Waals surface area (Å²) in [6.07, 6.45) is 10.8. The Kier molecular flexibility index (Phi) is 5.95. The van der Waals surface area contributed by atoms with Crippen molar-refractivity contribution >= 4 is 11.8 Å². The van der Waals surface area contributed by atoms with Crippen LogP contribution in [0.5, 0.6) is 0 Å². The number of rotatable bonds is 4. The number of likely N-dealkylation sites (tertiary alicyclic amines) is 2. The zero-order valence-corrected chi connectivity index (χ0v) is 16.6. The summed E-state index contributed by atoms with van der Waals surface area (Å²) in [5.41, 5.74) is 1.39. The second kappa shape index (κ2) is 8.60. The van der Waals surface area contributed by atoms with Gasteiger partial charge in [0.2, 0.25) is 5.91 Å². The molecule has 0 N–H and O–H groups in total. The van der Waals surface area contributed by atoms with Gasteiger partial charge in [-0.3, -0.25) is 14.6 Å².